The molecule has 1 aromatic carbocycles. The van der Waals surface area contributed by atoms with E-state index in [2.05, 4.69) is 20.8 Å². The number of nitrogens with zero attached hydrogens (tertiary/aromatic N) is 4. The van der Waals surface area contributed by atoms with E-state index in [1.54, 1.807) is 32.3 Å². The lowest BCUT2D eigenvalue weighted by molar-refractivity contribution is -0.117. The van der Waals surface area contributed by atoms with Crippen LogP contribution in [0.5, 0.6) is 11.5 Å². The molecule has 1 aliphatic rings. The van der Waals surface area contributed by atoms with Gasteiger partial charge in [0.15, 0.2) is 17.3 Å². The fraction of sp³-hybridized carbons (Fsp3) is 0.333. The molecule has 0 radical (unpaired) electrons. The molecule has 3 amide bonds. The van der Waals surface area contributed by atoms with Gasteiger partial charge in [0.05, 0.1) is 6.20 Å². The van der Waals surface area contributed by atoms with Crippen molar-refractivity contribution >= 4 is 23.4 Å². The standard InChI is InChI=1S/C15H18N6O4/c1-20(2)15(23)18-13-8-16-21(19-13)9-14(22)17-10-3-4-11-12(7-10)25-6-5-24-11/h3-4,7-8H,5-6,9H2,1-2H3,(H,17,22)(H,18,19,23). The number of aromatic nitrogens is 3. The number of anilines is 2. The Morgan fingerprint density at radius 3 is 2.72 bits per heavy atom. The molecule has 2 N–H and O–H groups in total. The minimum Gasteiger partial charge on any atom is -0.486 e. The number of nitrogens with one attached hydrogen (secondary N) is 2. The van der Waals surface area contributed by atoms with Crippen molar-refractivity contribution in [1.82, 2.24) is 19.9 Å². The van der Waals surface area contributed by atoms with Crippen LogP contribution in [0.1, 0.15) is 0 Å². The van der Waals surface area contributed by atoms with Crippen LogP contribution in [-0.2, 0) is 11.3 Å². The van der Waals surface area contributed by atoms with Crippen LogP contribution in [0.25, 0.3) is 0 Å². The van der Waals surface area contributed by atoms with Gasteiger partial charge in [0.25, 0.3) is 0 Å². The van der Waals surface area contributed by atoms with Crippen molar-refractivity contribution in [2.24, 2.45) is 0 Å². The maximum atomic E-state index is 12.1. The zero-order valence-corrected chi connectivity index (χ0v) is 13.9. The Bertz CT molecular complexity index is 788. The molecular formula is C15H18N6O4. The molecule has 1 aromatic heterocycles. The normalized spacial score (nSPS) is 12.4. The molecule has 0 bridgehead atoms. The number of carbonyl (C=O) groups is 2. The Balaban J connectivity index is 1.58. The highest BCUT2D eigenvalue weighted by molar-refractivity contribution is 5.91. The number of hydrogen-bond acceptors (Lipinski definition) is 6. The predicted octanol–water partition coefficient (Wildman–Crippen LogP) is 0.781. The average Bonchev–Trinajstić information content (AvgIpc) is 3.01. The quantitative estimate of drug-likeness (QED) is 0.846. The molecule has 25 heavy (non-hydrogen) atoms. The summed E-state index contributed by atoms with van der Waals surface area (Å²) in [4.78, 5) is 26.2. The van der Waals surface area contributed by atoms with E-state index in [4.69, 9.17) is 9.47 Å². The van der Waals surface area contributed by atoms with E-state index < -0.39 is 0 Å². The van der Waals surface area contributed by atoms with E-state index in [9.17, 15) is 9.59 Å². The van der Waals surface area contributed by atoms with Gasteiger partial charge in [-0.2, -0.15) is 9.90 Å². The molecule has 0 atom stereocenters. The second-order valence-corrected chi connectivity index (χ2v) is 5.49. The molecule has 3 rings (SSSR count). The molecule has 0 saturated heterocycles. The van der Waals surface area contributed by atoms with Crippen molar-refractivity contribution in [2.45, 2.75) is 6.54 Å². The molecule has 0 aliphatic carbocycles. The summed E-state index contributed by atoms with van der Waals surface area (Å²) < 4.78 is 10.9. The summed E-state index contributed by atoms with van der Waals surface area (Å²) in [6.07, 6.45) is 1.37. The third-order valence-corrected chi connectivity index (χ3v) is 3.29. The number of amides is 3. The fourth-order valence-corrected chi connectivity index (χ4v) is 2.10. The molecule has 132 valence electrons. The zero-order chi connectivity index (χ0) is 17.8. The van der Waals surface area contributed by atoms with E-state index in [0.717, 1.165) is 0 Å². The average molecular weight is 346 g/mol. The van der Waals surface area contributed by atoms with Gasteiger partial charge < -0.3 is 19.7 Å². The van der Waals surface area contributed by atoms with E-state index in [0.29, 0.717) is 30.4 Å². The predicted molar refractivity (Wildman–Crippen MR) is 88.8 cm³/mol. The van der Waals surface area contributed by atoms with Crippen LogP contribution in [0.15, 0.2) is 24.4 Å². The first-order valence-electron chi connectivity index (χ1n) is 7.59. The van der Waals surface area contributed by atoms with E-state index in [-0.39, 0.29) is 24.3 Å². The Morgan fingerprint density at radius 2 is 1.96 bits per heavy atom. The second-order valence-electron chi connectivity index (χ2n) is 5.49. The summed E-state index contributed by atoms with van der Waals surface area (Å²) in [5.74, 6) is 1.21. The molecule has 2 heterocycles. The number of carbonyl (C=O) groups excluding carboxylic acids is 2. The van der Waals surface area contributed by atoms with Crippen molar-refractivity contribution in [3.8, 4) is 11.5 Å². The number of rotatable bonds is 4. The smallest absolute Gasteiger partial charge is 0.322 e. The Kier molecular flexibility index (Phi) is 4.68. The molecule has 0 saturated carbocycles. The van der Waals surface area contributed by atoms with Gasteiger partial charge in [0.1, 0.15) is 19.8 Å². The molecule has 0 fully saturated rings. The maximum absolute atomic E-state index is 12.1. The molecule has 10 heteroatoms. The lowest BCUT2D eigenvalue weighted by Crippen LogP contribution is -2.27. The van der Waals surface area contributed by atoms with E-state index in [1.165, 1.54) is 15.9 Å². The fourth-order valence-electron chi connectivity index (χ4n) is 2.10. The van der Waals surface area contributed by atoms with Gasteiger partial charge in [-0.15, -0.1) is 5.10 Å². The topological polar surface area (TPSA) is 111 Å². The summed E-state index contributed by atoms with van der Waals surface area (Å²) in [5.41, 5.74) is 0.586. The summed E-state index contributed by atoms with van der Waals surface area (Å²) in [6.45, 7) is 0.895. The second kappa shape index (κ2) is 7.07. The third kappa shape index (κ3) is 4.16. The molecular weight excluding hydrogens is 328 g/mol. The Morgan fingerprint density at radius 1 is 1.20 bits per heavy atom. The number of benzene rings is 1. The van der Waals surface area contributed by atoms with Gasteiger partial charge in [-0.1, -0.05) is 0 Å². The van der Waals surface area contributed by atoms with Crippen LogP contribution in [0.2, 0.25) is 0 Å². The van der Waals surface area contributed by atoms with Crippen LogP contribution in [0.3, 0.4) is 0 Å². The van der Waals surface area contributed by atoms with Gasteiger partial charge in [0, 0.05) is 25.8 Å². The van der Waals surface area contributed by atoms with Crippen molar-refractivity contribution < 1.29 is 19.1 Å². The van der Waals surface area contributed by atoms with Gasteiger partial charge in [0.2, 0.25) is 5.91 Å². The van der Waals surface area contributed by atoms with Crippen LogP contribution in [0.4, 0.5) is 16.3 Å². The van der Waals surface area contributed by atoms with Crippen molar-refractivity contribution in [3.63, 3.8) is 0 Å². The number of hydrogen-bond donors (Lipinski definition) is 2. The van der Waals surface area contributed by atoms with E-state index >= 15 is 0 Å². The number of fused-ring (bicyclic) bond motifs is 1. The highest BCUT2D eigenvalue weighted by Crippen LogP contribution is 2.32. The lowest BCUT2D eigenvalue weighted by atomic mass is 10.2. The maximum Gasteiger partial charge on any atom is 0.322 e. The first-order valence-corrected chi connectivity index (χ1v) is 7.59. The van der Waals surface area contributed by atoms with Gasteiger partial charge in [-0.3, -0.25) is 10.1 Å². The summed E-state index contributed by atoms with van der Waals surface area (Å²) in [7, 11) is 3.22. The molecule has 10 nitrogen and oxygen atoms in total. The van der Waals surface area contributed by atoms with Crippen LogP contribution in [0, 0.1) is 0 Å². The lowest BCUT2D eigenvalue weighted by Gasteiger charge is -2.18. The number of urea groups is 1. The minimum absolute atomic E-state index is 0.0910. The van der Waals surface area contributed by atoms with Crippen molar-refractivity contribution in [2.75, 3.05) is 37.9 Å². The highest BCUT2D eigenvalue weighted by atomic mass is 16.6. The minimum atomic E-state index is -0.326. The Labute approximate surface area is 143 Å². The molecule has 0 spiro atoms. The van der Waals surface area contributed by atoms with Gasteiger partial charge in [-0.25, -0.2) is 4.79 Å². The number of ether oxygens (including phenoxy) is 2. The third-order valence-electron chi connectivity index (χ3n) is 3.29. The monoisotopic (exact) mass is 346 g/mol. The van der Waals surface area contributed by atoms with Crippen LogP contribution in [-0.4, -0.2) is 59.1 Å². The van der Waals surface area contributed by atoms with Crippen molar-refractivity contribution in [1.29, 1.82) is 0 Å². The summed E-state index contributed by atoms with van der Waals surface area (Å²) >= 11 is 0. The SMILES string of the molecule is CN(C)C(=O)Nc1cnn(CC(=O)Nc2ccc3c(c2)OCCO3)n1. The van der Waals surface area contributed by atoms with Crippen LogP contribution < -0.4 is 20.1 Å². The largest absolute Gasteiger partial charge is 0.486 e. The van der Waals surface area contributed by atoms with E-state index in [1.807, 2.05) is 0 Å². The van der Waals surface area contributed by atoms with Crippen LogP contribution >= 0.6 is 0 Å². The molecule has 1 aliphatic heterocycles. The molecule has 2 aromatic rings. The van der Waals surface area contributed by atoms with Gasteiger partial charge >= 0.3 is 6.03 Å². The summed E-state index contributed by atoms with van der Waals surface area (Å²) in [5, 5.41) is 13.3. The van der Waals surface area contributed by atoms with Crippen molar-refractivity contribution in [3.05, 3.63) is 24.4 Å². The Hall–Kier alpha value is -3.30. The zero-order valence-electron chi connectivity index (χ0n) is 13.9. The van der Waals surface area contributed by atoms with Gasteiger partial charge in [-0.05, 0) is 12.1 Å². The first-order chi connectivity index (χ1) is 12.0. The highest BCUT2D eigenvalue weighted by Gasteiger charge is 2.14. The molecule has 0 unspecified atom stereocenters. The first kappa shape index (κ1) is 16.6. The summed E-state index contributed by atoms with van der Waals surface area (Å²) in [6, 6.07) is 4.84.